The third-order valence-electron chi connectivity index (χ3n) is 5.86. The van der Waals surface area contributed by atoms with Gasteiger partial charge in [-0.25, -0.2) is 0 Å². The number of amides is 1. The summed E-state index contributed by atoms with van der Waals surface area (Å²) in [5.74, 6) is 1.91. The molecule has 0 spiro atoms. The fourth-order valence-corrected chi connectivity index (χ4v) is 4.36. The van der Waals surface area contributed by atoms with Crippen molar-refractivity contribution in [2.45, 2.75) is 51.9 Å². The molecule has 2 atom stereocenters. The number of para-hydroxylation sites is 1. The fraction of sp³-hybridized carbons (Fsp3) is 0.652. The number of hydrogen-bond donors (Lipinski definition) is 3. The van der Waals surface area contributed by atoms with Gasteiger partial charge in [-0.1, -0.05) is 25.1 Å². The first kappa shape index (κ1) is 24.9. The average Bonchev–Trinajstić information content (AvgIpc) is 2.71. The molecule has 0 radical (unpaired) electrons. The van der Waals surface area contributed by atoms with Crippen LogP contribution in [0.4, 0.5) is 5.69 Å². The predicted octanol–water partition coefficient (Wildman–Crippen LogP) is 3.80. The van der Waals surface area contributed by atoms with Crippen molar-refractivity contribution in [2.24, 2.45) is 10.9 Å². The van der Waals surface area contributed by atoms with Crippen molar-refractivity contribution in [1.29, 1.82) is 0 Å². The summed E-state index contributed by atoms with van der Waals surface area (Å²) in [6, 6.07) is 8.05. The highest BCUT2D eigenvalue weighted by Gasteiger charge is 2.24. The standard InChI is InChI=1S/C23H37N5O.HI/c1-3-24-23(25-12-6-7-13-28-14-8-9-18(2)17-28)26-16-19-15-22(29)27-21-11-5-4-10-20(19)21;/h4-5,10-11,18-19H,3,6-9,12-17H2,1-2H3,(H,27,29)(H2,24,25,26);1H. The van der Waals surface area contributed by atoms with Gasteiger partial charge in [0.1, 0.15) is 0 Å². The first-order valence-corrected chi connectivity index (χ1v) is 11.3. The molecule has 1 fully saturated rings. The zero-order valence-electron chi connectivity index (χ0n) is 18.5. The van der Waals surface area contributed by atoms with Gasteiger partial charge in [-0.2, -0.15) is 0 Å². The summed E-state index contributed by atoms with van der Waals surface area (Å²) < 4.78 is 0. The Morgan fingerprint density at radius 2 is 2.10 bits per heavy atom. The molecule has 6 nitrogen and oxygen atoms in total. The second-order valence-electron chi connectivity index (χ2n) is 8.44. The van der Waals surface area contributed by atoms with Gasteiger partial charge in [0.2, 0.25) is 5.91 Å². The number of nitrogens with one attached hydrogen (secondary N) is 3. The number of halogens is 1. The largest absolute Gasteiger partial charge is 0.357 e. The monoisotopic (exact) mass is 527 g/mol. The van der Waals surface area contributed by atoms with Crippen LogP contribution in [0, 0.1) is 5.92 Å². The minimum atomic E-state index is 0. The molecule has 1 amide bonds. The number of carbonyl (C=O) groups is 1. The summed E-state index contributed by atoms with van der Waals surface area (Å²) >= 11 is 0. The molecule has 0 aliphatic carbocycles. The van der Waals surface area contributed by atoms with Crippen LogP contribution in [0.5, 0.6) is 0 Å². The maximum absolute atomic E-state index is 12.0. The zero-order chi connectivity index (χ0) is 20.5. The molecule has 3 N–H and O–H groups in total. The van der Waals surface area contributed by atoms with Crippen LogP contribution in [0.3, 0.4) is 0 Å². The lowest BCUT2D eigenvalue weighted by molar-refractivity contribution is -0.116. The molecule has 3 rings (SSSR count). The number of fused-ring (bicyclic) bond motifs is 1. The van der Waals surface area contributed by atoms with E-state index in [4.69, 9.17) is 4.99 Å². The Bertz CT molecular complexity index is 696. The summed E-state index contributed by atoms with van der Waals surface area (Å²) in [4.78, 5) is 19.4. The molecule has 2 aliphatic rings. The van der Waals surface area contributed by atoms with E-state index in [1.165, 1.54) is 44.5 Å². The average molecular weight is 527 g/mol. The molecule has 7 heteroatoms. The molecule has 0 bridgehead atoms. The van der Waals surface area contributed by atoms with Crippen LogP contribution in [0.25, 0.3) is 0 Å². The van der Waals surface area contributed by atoms with E-state index in [1.807, 2.05) is 18.2 Å². The highest BCUT2D eigenvalue weighted by Crippen LogP contribution is 2.31. The molecule has 1 aromatic carbocycles. The lowest BCUT2D eigenvalue weighted by Gasteiger charge is -2.30. The molecular weight excluding hydrogens is 489 g/mol. The number of nitrogens with zero attached hydrogens (tertiary/aromatic N) is 2. The topological polar surface area (TPSA) is 68.8 Å². The summed E-state index contributed by atoms with van der Waals surface area (Å²) in [5.41, 5.74) is 2.11. The van der Waals surface area contributed by atoms with Gasteiger partial charge >= 0.3 is 0 Å². The molecular formula is C23H38IN5O. The van der Waals surface area contributed by atoms with E-state index in [9.17, 15) is 4.79 Å². The third-order valence-corrected chi connectivity index (χ3v) is 5.86. The highest BCUT2D eigenvalue weighted by atomic mass is 127. The van der Waals surface area contributed by atoms with Gasteiger partial charge in [-0.15, -0.1) is 24.0 Å². The highest BCUT2D eigenvalue weighted by molar-refractivity contribution is 14.0. The number of unbranched alkanes of at least 4 members (excludes halogenated alkanes) is 1. The van der Waals surface area contributed by atoms with Gasteiger partial charge in [0.15, 0.2) is 5.96 Å². The van der Waals surface area contributed by atoms with Gasteiger partial charge in [0.25, 0.3) is 0 Å². The second-order valence-corrected chi connectivity index (χ2v) is 8.44. The maximum Gasteiger partial charge on any atom is 0.225 e. The maximum atomic E-state index is 12.0. The van der Waals surface area contributed by atoms with Crippen molar-refractivity contribution in [3.63, 3.8) is 0 Å². The van der Waals surface area contributed by atoms with Crippen LogP contribution in [0.15, 0.2) is 29.3 Å². The number of aliphatic imine (C=N–C) groups is 1. The number of benzene rings is 1. The third kappa shape index (κ3) is 7.72. The van der Waals surface area contributed by atoms with Gasteiger partial charge in [-0.05, 0) is 63.2 Å². The Morgan fingerprint density at radius 3 is 2.90 bits per heavy atom. The fourth-order valence-electron chi connectivity index (χ4n) is 4.36. The lowest BCUT2D eigenvalue weighted by atomic mass is 9.91. The minimum absolute atomic E-state index is 0. The number of carbonyl (C=O) groups excluding carboxylic acids is 1. The van der Waals surface area contributed by atoms with E-state index in [1.54, 1.807) is 0 Å². The van der Waals surface area contributed by atoms with E-state index in [2.05, 4.69) is 40.8 Å². The molecule has 2 unspecified atom stereocenters. The van der Waals surface area contributed by atoms with E-state index < -0.39 is 0 Å². The van der Waals surface area contributed by atoms with Crippen LogP contribution in [-0.4, -0.2) is 56.0 Å². The molecule has 30 heavy (non-hydrogen) atoms. The minimum Gasteiger partial charge on any atom is -0.357 e. The van der Waals surface area contributed by atoms with E-state index in [-0.39, 0.29) is 35.8 Å². The van der Waals surface area contributed by atoms with Crippen LogP contribution in [-0.2, 0) is 4.79 Å². The SMILES string of the molecule is CCNC(=NCC1CC(=O)Nc2ccccc21)NCCCCN1CCCC(C)C1.I. The van der Waals surface area contributed by atoms with Crippen molar-refractivity contribution in [1.82, 2.24) is 15.5 Å². The molecule has 0 aromatic heterocycles. The second kappa shape index (κ2) is 13.1. The van der Waals surface area contributed by atoms with Crippen LogP contribution >= 0.6 is 24.0 Å². The van der Waals surface area contributed by atoms with E-state index in [0.29, 0.717) is 13.0 Å². The first-order chi connectivity index (χ1) is 14.2. The Labute approximate surface area is 198 Å². The number of rotatable bonds is 8. The van der Waals surface area contributed by atoms with Gasteiger partial charge in [0, 0.05) is 37.7 Å². The van der Waals surface area contributed by atoms with E-state index >= 15 is 0 Å². The Morgan fingerprint density at radius 1 is 1.27 bits per heavy atom. The lowest BCUT2D eigenvalue weighted by Crippen LogP contribution is -2.39. The van der Waals surface area contributed by atoms with Crippen LogP contribution in [0.1, 0.15) is 57.4 Å². The molecule has 0 saturated carbocycles. The molecule has 2 aliphatic heterocycles. The molecule has 168 valence electrons. The molecule has 2 heterocycles. The van der Waals surface area contributed by atoms with Crippen molar-refractivity contribution in [3.05, 3.63) is 29.8 Å². The van der Waals surface area contributed by atoms with Gasteiger partial charge < -0.3 is 20.9 Å². The number of hydrogen-bond acceptors (Lipinski definition) is 3. The zero-order valence-corrected chi connectivity index (χ0v) is 20.8. The summed E-state index contributed by atoms with van der Waals surface area (Å²) in [6.07, 6.45) is 5.58. The van der Waals surface area contributed by atoms with Crippen LogP contribution < -0.4 is 16.0 Å². The molecule has 1 saturated heterocycles. The van der Waals surface area contributed by atoms with Gasteiger partial charge in [0.05, 0.1) is 6.54 Å². The number of guanidine groups is 1. The Hall–Kier alpha value is -1.35. The van der Waals surface area contributed by atoms with Crippen molar-refractivity contribution < 1.29 is 4.79 Å². The summed E-state index contributed by atoms with van der Waals surface area (Å²) in [7, 11) is 0. The summed E-state index contributed by atoms with van der Waals surface area (Å²) in [5, 5.41) is 9.75. The smallest absolute Gasteiger partial charge is 0.225 e. The van der Waals surface area contributed by atoms with E-state index in [0.717, 1.165) is 37.1 Å². The Kier molecular flexibility index (Phi) is 10.9. The van der Waals surface area contributed by atoms with Crippen LogP contribution in [0.2, 0.25) is 0 Å². The quantitative estimate of drug-likeness (QED) is 0.208. The summed E-state index contributed by atoms with van der Waals surface area (Å²) in [6.45, 7) is 10.5. The number of anilines is 1. The van der Waals surface area contributed by atoms with Crippen molar-refractivity contribution in [3.8, 4) is 0 Å². The van der Waals surface area contributed by atoms with Gasteiger partial charge in [-0.3, -0.25) is 9.79 Å². The predicted molar refractivity (Wildman–Crippen MR) is 136 cm³/mol. The normalized spacial score (nSPS) is 21.9. The number of likely N-dealkylation sites (tertiary alicyclic amines) is 1. The number of piperidine rings is 1. The van der Waals surface area contributed by atoms with Crippen molar-refractivity contribution >= 4 is 41.5 Å². The Balaban J connectivity index is 0.00000320. The van der Waals surface area contributed by atoms with Crippen molar-refractivity contribution in [2.75, 3.05) is 44.6 Å². The molecule has 1 aromatic rings. The first-order valence-electron chi connectivity index (χ1n) is 11.3.